The van der Waals surface area contributed by atoms with Gasteiger partial charge in [-0.05, 0) is 6.42 Å². The first-order chi connectivity index (χ1) is 4.39. The van der Waals surface area contributed by atoms with E-state index in [0.717, 1.165) is 17.8 Å². The van der Waals surface area contributed by atoms with Crippen LogP contribution in [0.2, 0.25) is 0 Å². The van der Waals surface area contributed by atoms with Crippen molar-refractivity contribution in [3.05, 3.63) is 0 Å². The van der Waals surface area contributed by atoms with Gasteiger partial charge in [-0.2, -0.15) is 0 Å². The monoisotopic (exact) mass is 148 g/mol. The largest absolute Gasteiger partial charge is 0.371 e. The van der Waals surface area contributed by atoms with Crippen LogP contribution in [0.1, 0.15) is 27.2 Å². The fourth-order valence-corrected chi connectivity index (χ4v) is 1.27. The van der Waals surface area contributed by atoms with Crippen LogP contribution in [-0.2, 0) is 4.74 Å². The second-order valence-corrected chi connectivity index (χ2v) is 3.17. The molecule has 1 fully saturated rings. The lowest BCUT2D eigenvalue weighted by atomic mass is 10.3. The minimum atomic E-state index is 0.828. The number of ether oxygens (including phenoxy) is 1. The van der Waals surface area contributed by atoms with Crippen molar-refractivity contribution in [3.8, 4) is 0 Å². The van der Waals surface area contributed by atoms with Gasteiger partial charge in [0.15, 0.2) is 0 Å². The number of hydrogen-bond donors (Lipinski definition) is 0. The lowest BCUT2D eigenvalue weighted by Gasteiger charge is -2.16. The second kappa shape index (κ2) is 6.43. The molecule has 56 valence electrons. The Hall–Kier alpha value is 0.310. The Labute approximate surface area is 62.2 Å². The predicted octanol–water partition coefficient (Wildman–Crippen LogP) is 2.51. The van der Waals surface area contributed by atoms with Crippen molar-refractivity contribution >= 4 is 11.8 Å². The Morgan fingerprint density at radius 3 is 2.33 bits per heavy atom. The summed E-state index contributed by atoms with van der Waals surface area (Å²) in [5.41, 5.74) is 0. The SMILES string of the molecule is CC.CC1CCOCS1. The van der Waals surface area contributed by atoms with Gasteiger partial charge in [-0.25, -0.2) is 0 Å². The van der Waals surface area contributed by atoms with E-state index in [9.17, 15) is 0 Å². The summed E-state index contributed by atoms with van der Waals surface area (Å²) in [7, 11) is 0. The van der Waals surface area contributed by atoms with Gasteiger partial charge in [0, 0.05) is 11.9 Å². The van der Waals surface area contributed by atoms with Crippen LogP contribution in [0.5, 0.6) is 0 Å². The molecule has 1 atom stereocenters. The molecule has 0 aromatic carbocycles. The van der Waals surface area contributed by atoms with Crippen LogP contribution < -0.4 is 0 Å². The topological polar surface area (TPSA) is 9.23 Å². The molecule has 1 unspecified atom stereocenters. The summed E-state index contributed by atoms with van der Waals surface area (Å²) in [6.45, 7) is 7.21. The Morgan fingerprint density at radius 1 is 1.44 bits per heavy atom. The first-order valence-corrected chi connectivity index (χ1v) is 4.64. The normalized spacial score (nSPS) is 26.3. The fourth-order valence-electron chi connectivity index (χ4n) is 0.556. The van der Waals surface area contributed by atoms with Crippen molar-refractivity contribution in [2.45, 2.75) is 32.4 Å². The lowest BCUT2D eigenvalue weighted by molar-refractivity contribution is 0.170. The minimum Gasteiger partial charge on any atom is -0.371 e. The highest BCUT2D eigenvalue weighted by Gasteiger charge is 2.06. The van der Waals surface area contributed by atoms with Crippen LogP contribution in [0.25, 0.3) is 0 Å². The average molecular weight is 148 g/mol. The molecule has 1 nitrogen and oxygen atoms in total. The molecule has 2 heteroatoms. The van der Waals surface area contributed by atoms with Gasteiger partial charge in [-0.3, -0.25) is 0 Å². The highest BCUT2D eigenvalue weighted by molar-refractivity contribution is 7.99. The molecule has 9 heavy (non-hydrogen) atoms. The first kappa shape index (κ1) is 9.31. The molecule has 0 aromatic rings. The molecule has 0 bridgehead atoms. The van der Waals surface area contributed by atoms with Gasteiger partial charge in [0.05, 0.1) is 5.94 Å². The zero-order valence-corrected chi connectivity index (χ0v) is 7.33. The Balaban J connectivity index is 0.000000291. The molecule has 1 aliphatic heterocycles. The van der Waals surface area contributed by atoms with Crippen LogP contribution in [0.4, 0.5) is 0 Å². The molecule has 1 saturated heterocycles. The quantitative estimate of drug-likeness (QED) is 0.522. The zero-order valence-electron chi connectivity index (χ0n) is 6.52. The van der Waals surface area contributed by atoms with Crippen molar-refractivity contribution in [3.63, 3.8) is 0 Å². The highest BCUT2D eigenvalue weighted by Crippen LogP contribution is 2.18. The highest BCUT2D eigenvalue weighted by atomic mass is 32.2. The maximum absolute atomic E-state index is 5.10. The van der Waals surface area contributed by atoms with Gasteiger partial charge in [0.25, 0.3) is 0 Å². The summed E-state index contributed by atoms with van der Waals surface area (Å²) in [6, 6.07) is 0. The van der Waals surface area contributed by atoms with E-state index in [-0.39, 0.29) is 0 Å². The summed E-state index contributed by atoms with van der Waals surface area (Å²) in [4.78, 5) is 0. The molecular formula is C7H16OS. The molecule has 0 N–H and O–H groups in total. The molecule has 0 saturated carbocycles. The average Bonchev–Trinajstić information content (AvgIpc) is 1.94. The van der Waals surface area contributed by atoms with Gasteiger partial charge in [0.2, 0.25) is 0 Å². The van der Waals surface area contributed by atoms with Gasteiger partial charge in [-0.1, -0.05) is 20.8 Å². The van der Waals surface area contributed by atoms with Crippen LogP contribution in [0, 0.1) is 0 Å². The molecule has 1 rings (SSSR count). The molecule has 1 heterocycles. The maximum atomic E-state index is 5.10. The van der Waals surface area contributed by atoms with Crippen LogP contribution in [0.15, 0.2) is 0 Å². The maximum Gasteiger partial charge on any atom is 0.0923 e. The van der Waals surface area contributed by atoms with Crippen molar-refractivity contribution in [1.82, 2.24) is 0 Å². The molecule has 0 aliphatic carbocycles. The standard InChI is InChI=1S/C5H10OS.C2H6/c1-5-2-3-6-4-7-5;1-2/h5H,2-4H2,1H3;1-2H3. The van der Waals surface area contributed by atoms with Crippen molar-refractivity contribution in [2.24, 2.45) is 0 Å². The van der Waals surface area contributed by atoms with Crippen molar-refractivity contribution in [2.75, 3.05) is 12.5 Å². The Bertz CT molecular complexity index is 50.9. The summed E-state index contributed by atoms with van der Waals surface area (Å²) >= 11 is 1.90. The molecule has 1 aliphatic rings. The molecule has 0 aromatic heterocycles. The van der Waals surface area contributed by atoms with E-state index < -0.39 is 0 Å². The lowest BCUT2D eigenvalue weighted by Crippen LogP contribution is -2.10. The molecule has 0 spiro atoms. The van der Waals surface area contributed by atoms with Crippen molar-refractivity contribution in [1.29, 1.82) is 0 Å². The number of hydrogen-bond acceptors (Lipinski definition) is 2. The van der Waals surface area contributed by atoms with E-state index in [1.807, 2.05) is 25.6 Å². The summed E-state index contributed by atoms with van der Waals surface area (Å²) in [6.07, 6.45) is 1.23. The summed E-state index contributed by atoms with van der Waals surface area (Å²) in [5, 5.41) is 0.828. The predicted molar refractivity (Wildman–Crippen MR) is 43.8 cm³/mol. The third-order valence-corrected chi connectivity index (χ3v) is 2.21. The second-order valence-electron chi connectivity index (χ2n) is 1.79. The van der Waals surface area contributed by atoms with E-state index in [0.29, 0.717) is 0 Å². The van der Waals surface area contributed by atoms with E-state index in [2.05, 4.69) is 6.92 Å². The van der Waals surface area contributed by atoms with E-state index in [1.165, 1.54) is 6.42 Å². The van der Waals surface area contributed by atoms with E-state index in [4.69, 9.17) is 4.74 Å². The molecule has 0 amide bonds. The minimum absolute atomic E-state index is 0.828. The van der Waals surface area contributed by atoms with Crippen molar-refractivity contribution < 1.29 is 4.74 Å². The van der Waals surface area contributed by atoms with Crippen LogP contribution >= 0.6 is 11.8 Å². The number of rotatable bonds is 0. The van der Waals surface area contributed by atoms with Gasteiger partial charge >= 0.3 is 0 Å². The smallest absolute Gasteiger partial charge is 0.0923 e. The van der Waals surface area contributed by atoms with Gasteiger partial charge in [-0.15, -0.1) is 11.8 Å². The summed E-state index contributed by atoms with van der Waals surface area (Å²) < 4.78 is 5.10. The molecule has 0 radical (unpaired) electrons. The van der Waals surface area contributed by atoms with Crippen LogP contribution in [0.3, 0.4) is 0 Å². The van der Waals surface area contributed by atoms with Gasteiger partial charge < -0.3 is 4.74 Å². The van der Waals surface area contributed by atoms with Gasteiger partial charge in [0.1, 0.15) is 0 Å². The fraction of sp³-hybridized carbons (Fsp3) is 1.00. The van der Waals surface area contributed by atoms with Crippen LogP contribution in [-0.4, -0.2) is 17.8 Å². The first-order valence-electron chi connectivity index (χ1n) is 3.59. The molecular weight excluding hydrogens is 132 g/mol. The van der Waals surface area contributed by atoms with E-state index >= 15 is 0 Å². The van der Waals surface area contributed by atoms with E-state index in [1.54, 1.807) is 0 Å². The summed E-state index contributed by atoms with van der Waals surface area (Å²) in [5.74, 6) is 0.904. The number of thioether (sulfide) groups is 1. The zero-order chi connectivity index (χ0) is 7.11. The Morgan fingerprint density at radius 2 is 2.11 bits per heavy atom. The third kappa shape index (κ3) is 4.79. The third-order valence-electron chi connectivity index (χ3n) is 1.10. The Kier molecular flexibility index (Phi) is 6.65.